The van der Waals surface area contributed by atoms with Crippen LogP contribution in [0.2, 0.25) is 0 Å². The summed E-state index contributed by atoms with van der Waals surface area (Å²) >= 11 is 1.72. The van der Waals surface area contributed by atoms with Gasteiger partial charge in [0.1, 0.15) is 11.6 Å². The Morgan fingerprint density at radius 3 is 2.55 bits per heavy atom. The monoisotopic (exact) mass is 298 g/mol. The fourth-order valence-electron chi connectivity index (χ4n) is 3.11. The van der Waals surface area contributed by atoms with Crippen molar-refractivity contribution in [2.24, 2.45) is 11.8 Å². The van der Waals surface area contributed by atoms with Gasteiger partial charge in [-0.15, -0.1) is 0 Å². The molecule has 4 nitrogen and oxygen atoms in total. The first-order chi connectivity index (χ1) is 9.41. The minimum atomic E-state index is -0.625. The van der Waals surface area contributed by atoms with Crippen LogP contribution >= 0.6 is 11.8 Å². The van der Waals surface area contributed by atoms with Gasteiger partial charge in [-0.05, 0) is 44.3 Å². The number of thioether (sulfide) groups is 1. The summed E-state index contributed by atoms with van der Waals surface area (Å²) in [7, 11) is 0. The van der Waals surface area contributed by atoms with Gasteiger partial charge in [0.05, 0.1) is 0 Å². The van der Waals surface area contributed by atoms with Crippen LogP contribution < -0.4 is 5.32 Å². The Labute approximate surface area is 126 Å². The summed E-state index contributed by atoms with van der Waals surface area (Å²) in [4.78, 5) is 27.2. The second-order valence-electron chi connectivity index (χ2n) is 6.56. The molecule has 1 saturated heterocycles. The minimum Gasteiger partial charge on any atom is -0.342 e. The number of hydrogen-bond donors (Lipinski definition) is 1. The van der Waals surface area contributed by atoms with Crippen molar-refractivity contribution < 1.29 is 9.59 Å². The van der Waals surface area contributed by atoms with Crippen molar-refractivity contribution in [2.45, 2.75) is 51.6 Å². The molecule has 0 aromatic carbocycles. The third-order valence-corrected chi connectivity index (χ3v) is 5.08. The average molecular weight is 298 g/mol. The lowest BCUT2D eigenvalue weighted by atomic mass is 9.86. The van der Waals surface area contributed by atoms with Crippen molar-refractivity contribution in [2.75, 3.05) is 18.6 Å². The molecule has 1 heterocycles. The van der Waals surface area contributed by atoms with Crippen LogP contribution in [0.15, 0.2) is 0 Å². The van der Waals surface area contributed by atoms with Crippen LogP contribution in [0.3, 0.4) is 0 Å². The fraction of sp³-hybridized carbons (Fsp3) is 0.867. The quantitative estimate of drug-likeness (QED) is 0.814. The average Bonchev–Trinajstić information content (AvgIpc) is 3.20. The first-order valence-corrected chi connectivity index (χ1v) is 8.92. The zero-order chi connectivity index (χ0) is 14.9. The zero-order valence-corrected chi connectivity index (χ0v) is 13.8. The highest BCUT2D eigenvalue weighted by molar-refractivity contribution is 7.98. The van der Waals surface area contributed by atoms with E-state index in [0.29, 0.717) is 18.4 Å². The van der Waals surface area contributed by atoms with E-state index in [1.807, 2.05) is 18.1 Å². The molecule has 1 saturated carbocycles. The normalized spacial score (nSPS) is 30.9. The number of nitrogens with zero attached hydrogens (tertiary/aromatic N) is 1. The minimum absolute atomic E-state index is 0.0475. The van der Waals surface area contributed by atoms with Crippen LogP contribution in [0.5, 0.6) is 0 Å². The summed E-state index contributed by atoms with van der Waals surface area (Å²) in [6, 6.07) is -0.337. The van der Waals surface area contributed by atoms with Crippen molar-refractivity contribution in [1.29, 1.82) is 0 Å². The molecule has 0 bridgehead atoms. The van der Waals surface area contributed by atoms with Gasteiger partial charge < -0.3 is 10.2 Å². The van der Waals surface area contributed by atoms with E-state index in [9.17, 15) is 9.59 Å². The van der Waals surface area contributed by atoms with Gasteiger partial charge in [-0.25, -0.2) is 0 Å². The van der Waals surface area contributed by atoms with Gasteiger partial charge in [0.2, 0.25) is 11.8 Å². The molecular formula is C15H26N2O2S. The molecule has 20 heavy (non-hydrogen) atoms. The van der Waals surface area contributed by atoms with Crippen LogP contribution in [0, 0.1) is 11.8 Å². The molecule has 2 rings (SSSR count). The molecule has 1 N–H and O–H groups in total. The highest BCUT2D eigenvalue weighted by Crippen LogP contribution is 2.45. The molecule has 0 aromatic rings. The van der Waals surface area contributed by atoms with Gasteiger partial charge in [0.15, 0.2) is 0 Å². The Bertz CT molecular complexity index is 395. The summed E-state index contributed by atoms with van der Waals surface area (Å²) in [6.07, 6.45) is 4.87. The largest absolute Gasteiger partial charge is 0.342 e. The van der Waals surface area contributed by atoms with Gasteiger partial charge in [-0.3, -0.25) is 9.59 Å². The van der Waals surface area contributed by atoms with Crippen LogP contribution in [0.4, 0.5) is 0 Å². The molecular weight excluding hydrogens is 272 g/mol. The lowest BCUT2D eigenvalue weighted by molar-refractivity contribution is -0.158. The summed E-state index contributed by atoms with van der Waals surface area (Å²) in [5.74, 6) is 1.79. The molecule has 1 aliphatic heterocycles. The molecule has 0 radical (unpaired) electrons. The van der Waals surface area contributed by atoms with Gasteiger partial charge in [0.25, 0.3) is 0 Å². The SMILES string of the molecule is CSCCN1C(=O)C(CC(C)C)NC(=O)C1(C)C1CC1. The van der Waals surface area contributed by atoms with E-state index in [1.165, 1.54) is 0 Å². The number of amides is 2. The third kappa shape index (κ3) is 2.83. The van der Waals surface area contributed by atoms with Crippen LogP contribution in [-0.4, -0.2) is 46.8 Å². The smallest absolute Gasteiger partial charge is 0.246 e. The van der Waals surface area contributed by atoms with E-state index < -0.39 is 5.54 Å². The molecule has 2 fully saturated rings. The maximum absolute atomic E-state index is 12.8. The standard InChI is InChI=1S/C15H26N2O2S/c1-10(2)9-12-13(18)17(7-8-20-4)15(3,11-5-6-11)14(19)16-12/h10-12H,5-9H2,1-4H3,(H,16,19). The van der Waals surface area contributed by atoms with E-state index in [4.69, 9.17) is 0 Å². The molecule has 0 spiro atoms. The van der Waals surface area contributed by atoms with E-state index in [1.54, 1.807) is 11.8 Å². The predicted octanol–water partition coefficient (Wildman–Crippen LogP) is 1.89. The molecule has 1 aliphatic carbocycles. The molecule has 5 heteroatoms. The van der Waals surface area contributed by atoms with Crippen LogP contribution in [-0.2, 0) is 9.59 Å². The summed E-state index contributed by atoms with van der Waals surface area (Å²) < 4.78 is 0. The lowest BCUT2D eigenvalue weighted by Crippen LogP contribution is -2.70. The molecule has 2 atom stereocenters. The first kappa shape index (κ1) is 15.7. The Balaban J connectivity index is 2.21. The lowest BCUT2D eigenvalue weighted by Gasteiger charge is -2.47. The highest BCUT2D eigenvalue weighted by atomic mass is 32.2. The van der Waals surface area contributed by atoms with Crippen molar-refractivity contribution >= 4 is 23.6 Å². The van der Waals surface area contributed by atoms with E-state index in [2.05, 4.69) is 19.2 Å². The molecule has 2 amide bonds. The van der Waals surface area contributed by atoms with Crippen molar-refractivity contribution in [3.8, 4) is 0 Å². The third-order valence-electron chi connectivity index (χ3n) is 4.49. The topological polar surface area (TPSA) is 49.4 Å². The highest BCUT2D eigenvalue weighted by Gasteiger charge is 2.56. The molecule has 0 aromatic heterocycles. The van der Waals surface area contributed by atoms with Crippen molar-refractivity contribution in [1.82, 2.24) is 10.2 Å². The van der Waals surface area contributed by atoms with Gasteiger partial charge in [-0.1, -0.05) is 13.8 Å². The Morgan fingerprint density at radius 2 is 2.05 bits per heavy atom. The van der Waals surface area contributed by atoms with Crippen molar-refractivity contribution in [3.05, 3.63) is 0 Å². The Kier molecular flexibility index (Phi) is 4.67. The number of nitrogens with one attached hydrogen (secondary N) is 1. The maximum atomic E-state index is 12.8. The van der Waals surface area contributed by atoms with Gasteiger partial charge in [0, 0.05) is 12.3 Å². The van der Waals surface area contributed by atoms with Gasteiger partial charge >= 0.3 is 0 Å². The molecule has 2 unspecified atom stereocenters. The number of piperazine rings is 1. The predicted molar refractivity (Wildman–Crippen MR) is 82.6 cm³/mol. The van der Waals surface area contributed by atoms with Crippen molar-refractivity contribution in [3.63, 3.8) is 0 Å². The van der Waals surface area contributed by atoms with Gasteiger partial charge in [-0.2, -0.15) is 11.8 Å². The van der Waals surface area contributed by atoms with Crippen LogP contribution in [0.25, 0.3) is 0 Å². The van der Waals surface area contributed by atoms with E-state index in [0.717, 1.165) is 25.0 Å². The summed E-state index contributed by atoms with van der Waals surface area (Å²) in [5.41, 5.74) is -0.625. The summed E-state index contributed by atoms with van der Waals surface area (Å²) in [5, 5.41) is 2.98. The number of carbonyl (C=O) groups excluding carboxylic acids is 2. The number of hydrogen-bond acceptors (Lipinski definition) is 3. The van der Waals surface area contributed by atoms with E-state index >= 15 is 0 Å². The fourth-order valence-corrected chi connectivity index (χ4v) is 3.48. The second kappa shape index (κ2) is 5.96. The Morgan fingerprint density at radius 1 is 1.40 bits per heavy atom. The number of rotatable bonds is 6. The van der Waals surface area contributed by atoms with E-state index in [-0.39, 0.29) is 17.9 Å². The maximum Gasteiger partial charge on any atom is 0.246 e. The first-order valence-electron chi connectivity index (χ1n) is 7.52. The molecule has 114 valence electrons. The second-order valence-corrected chi connectivity index (χ2v) is 7.55. The zero-order valence-electron chi connectivity index (χ0n) is 12.9. The molecule has 2 aliphatic rings. The van der Waals surface area contributed by atoms with Crippen LogP contribution in [0.1, 0.15) is 40.0 Å². The summed E-state index contributed by atoms with van der Waals surface area (Å²) in [6.45, 7) is 6.79. The number of carbonyl (C=O) groups is 2. The Hall–Kier alpha value is -0.710.